The summed E-state index contributed by atoms with van der Waals surface area (Å²) in [4.78, 5) is 2.51. The van der Waals surface area contributed by atoms with Crippen LogP contribution >= 0.6 is 0 Å². The Morgan fingerprint density at radius 3 is 2.67 bits per heavy atom. The van der Waals surface area contributed by atoms with Crippen molar-refractivity contribution < 1.29 is 0 Å². The largest absolute Gasteiger partial charge is 0.385 e. The average Bonchev–Trinajstić information content (AvgIpc) is 2.55. The van der Waals surface area contributed by atoms with Gasteiger partial charge in [0, 0.05) is 25.3 Å². The Balaban J connectivity index is 1.75. The maximum Gasteiger partial charge on any atom is 0.0375 e. The molecule has 0 amide bonds. The summed E-state index contributed by atoms with van der Waals surface area (Å²) in [5, 5.41) is 3.53. The molecule has 1 N–H and O–H groups in total. The van der Waals surface area contributed by atoms with E-state index in [9.17, 15) is 0 Å². The molecule has 2 nitrogen and oxygen atoms in total. The highest BCUT2D eigenvalue weighted by atomic mass is 15.1. The maximum absolute atomic E-state index is 3.53. The van der Waals surface area contributed by atoms with Gasteiger partial charge in [-0.05, 0) is 42.1 Å². The molecule has 2 aromatic rings. The molecule has 1 aliphatic rings. The van der Waals surface area contributed by atoms with Gasteiger partial charge in [-0.3, -0.25) is 4.90 Å². The van der Waals surface area contributed by atoms with Crippen LogP contribution in [0.4, 0.5) is 5.69 Å². The van der Waals surface area contributed by atoms with Gasteiger partial charge in [0.2, 0.25) is 0 Å². The maximum atomic E-state index is 3.53. The Morgan fingerprint density at radius 2 is 1.86 bits per heavy atom. The lowest BCUT2D eigenvalue weighted by atomic mass is 9.97. The molecule has 0 aliphatic carbocycles. The van der Waals surface area contributed by atoms with Crippen LogP contribution < -0.4 is 5.32 Å². The van der Waals surface area contributed by atoms with Crippen LogP contribution in [0.25, 0.3) is 0 Å². The van der Waals surface area contributed by atoms with Crippen molar-refractivity contribution in [3.8, 4) is 0 Å². The van der Waals surface area contributed by atoms with Gasteiger partial charge in [-0.2, -0.15) is 0 Å². The van der Waals surface area contributed by atoms with E-state index in [-0.39, 0.29) is 0 Å². The second-order valence-electron chi connectivity index (χ2n) is 5.76. The van der Waals surface area contributed by atoms with Crippen LogP contribution in [-0.4, -0.2) is 18.0 Å². The number of fused-ring (bicyclic) bond motifs is 1. The van der Waals surface area contributed by atoms with E-state index in [2.05, 4.69) is 65.7 Å². The van der Waals surface area contributed by atoms with Gasteiger partial charge in [0.1, 0.15) is 0 Å². The number of rotatable bonds is 5. The van der Waals surface area contributed by atoms with Crippen molar-refractivity contribution in [3.63, 3.8) is 0 Å². The molecule has 2 heteroatoms. The summed E-state index contributed by atoms with van der Waals surface area (Å²) < 4.78 is 0. The SMILES string of the molecule is CCN(Cc1ccccc1)Cc1cccc2c1CCCN2. The first kappa shape index (κ1) is 14.2. The summed E-state index contributed by atoms with van der Waals surface area (Å²) in [5.74, 6) is 0. The standard InChI is InChI=1S/C19H24N2/c1-2-21(14-16-8-4-3-5-9-16)15-17-10-6-12-19-18(17)11-7-13-20-19/h3-6,8-10,12,20H,2,7,11,13-15H2,1H3. The molecule has 0 bridgehead atoms. The Bertz CT molecular complexity index is 577. The van der Waals surface area contributed by atoms with Gasteiger partial charge in [-0.25, -0.2) is 0 Å². The molecule has 0 saturated heterocycles. The zero-order valence-electron chi connectivity index (χ0n) is 12.8. The Kier molecular flexibility index (Phi) is 4.56. The van der Waals surface area contributed by atoms with Crippen molar-refractivity contribution in [1.29, 1.82) is 0 Å². The molecule has 1 aliphatic heterocycles. The Labute approximate surface area is 127 Å². The number of hydrogen-bond donors (Lipinski definition) is 1. The van der Waals surface area contributed by atoms with Crippen LogP contribution in [0.3, 0.4) is 0 Å². The topological polar surface area (TPSA) is 15.3 Å². The highest BCUT2D eigenvalue weighted by Gasteiger charge is 2.14. The number of anilines is 1. The van der Waals surface area contributed by atoms with Crippen LogP contribution in [0.5, 0.6) is 0 Å². The molecule has 1 heterocycles. The van der Waals surface area contributed by atoms with E-state index in [1.807, 2.05) is 0 Å². The van der Waals surface area contributed by atoms with E-state index in [1.165, 1.54) is 35.2 Å². The van der Waals surface area contributed by atoms with Crippen molar-refractivity contribution in [2.45, 2.75) is 32.9 Å². The van der Waals surface area contributed by atoms with Crippen molar-refractivity contribution >= 4 is 5.69 Å². The van der Waals surface area contributed by atoms with Crippen molar-refractivity contribution in [2.24, 2.45) is 0 Å². The molecule has 110 valence electrons. The molecule has 21 heavy (non-hydrogen) atoms. The lowest BCUT2D eigenvalue weighted by Crippen LogP contribution is -2.24. The predicted octanol–water partition coefficient (Wildman–Crippen LogP) is 4.07. The van der Waals surface area contributed by atoms with Gasteiger partial charge in [0.05, 0.1) is 0 Å². The molecule has 3 rings (SSSR count). The lowest BCUT2D eigenvalue weighted by Gasteiger charge is -2.25. The predicted molar refractivity (Wildman–Crippen MR) is 89.5 cm³/mol. The minimum absolute atomic E-state index is 1.02. The zero-order valence-corrected chi connectivity index (χ0v) is 12.8. The van der Waals surface area contributed by atoms with Crippen LogP contribution in [0.15, 0.2) is 48.5 Å². The molecule has 0 saturated carbocycles. The van der Waals surface area contributed by atoms with E-state index in [1.54, 1.807) is 0 Å². The van der Waals surface area contributed by atoms with Crippen molar-refractivity contribution in [2.75, 3.05) is 18.4 Å². The summed E-state index contributed by atoms with van der Waals surface area (Å²) in [6.45, 7) is 6.49. The molecular weight excluding hydrogens is 256 g/mol. The van der Waals surface area contributed by atoms with Gasteiger partial charge < -0.3 is 5.32 Å². The molecule has 0 fully saturated rings. The van der Waals surface area contributed by atoms with E-state index < -0.39 is 0 Å². The molecule has 0 unspecified atom stereocenters. The summed E-state index contributed by atoms with van der Waals surface area (Å²) >= 11 is 0. The van der Waals surface area contributed by atoms with E-state index in [0.29, 0.717) is 0 Å². The summed E-state index contributed by atoms with van der Waals surface area (Å²) in [6, 6.07) is 17.4. The third-order valence-electron chi connectivity index (χ3n) is 4.28. The second-order valence-corrected chi connectivity index (χ2v) is 5.76. The fraction of sp³-hybridized carbons (Fsp3) is 0.368. The molecule has 0 radical (unpaired) electrons. The molecular formula is C19H24N2. The number of hydrogen-bond acceptors (Lipinski definition) is 2. The first-order chi connectivity index (χ1) is 10.4. The third-order valence-corrected chi connectivity index (χ3v) is 4.28. The quantitative estimate of drug-likeness (QED) is 0.888. The molecule has 2 aromatic carbocycles. The van der Waals surface area contributed by atoms with Gasteiger partial charge in [-0.15, -0.1) is 0 Å². The number of nitrogens with zero attached hydrogens (tertiary/aromatic N) is 1. The highest BCUT2D eigenvalue weighted by Crippen LogP contribution is 2.26. The second kappa shape index (κ2) is 6.77. The molecule has 0 spiro atoms. The summed E-state index contributed by atoms with van der Waals surface area (Å²) in [5.41, 5.74) is 5.74. The minimum Gasteiger partial charge on any atom is -0.385 e. The van der Waals surface area contributed by atoms with Gasteiger partial charge >= 0.3 is 0 Å². The number of nitrogens with one attached hydrogen (secondary N) is 1. The van der Waals surface area contributed by atoms with Crippen LogP contribution in [-0.2, 0) is 19.5 Å². The van der Waals surface area contributed by atoms with Crippen molar-refractivity contribution in [1.82, 2.24) is 4.90 Å². The Hall–Kier alpha value is -1.80. The Morgan fingerprint density at radius 1 is 1.00 bits per heavy atom. The smallest absolute Gasteiger partial charge is 0.0375 e. The first-order valence-corrected chi connectivity index (χ1v) is 7.97. The average molecular weight is 280 g/mol. The van der Waals surface area contributed by atoms with E-state index in [0.717, 1.165) is 26.2 Å². The highest BCUT2D eigenvalue weighted by molar-refractivity contribution is 5.56. The number of benzene rings is 2. The van der Waals surface area contributed by atoms with Crippen LogP contribution in [0, 0.1) is 0 Å². The summed E-state index contributed by atoms with van der Waals surface area (Å²) in [6.07, 6.45) is 2.45. The van der Waals surface area contributed by atoms with E-state index >= 15 is 0 Å². The van der Waals surface area contributed by atoms with E-state index in [4.69, 9.17) is 0 Å². The van der Waals surface area contributed by atoms with Gasteiger partial charge in [-0.1, -0.05) is 49.4 Å². The fourth-order valence-electron chi connectivity index (χ4n) is 3.09. The molecule has 0 atom stereocenters. The summed E-state index contributed by atoms with van der Waals surface area (Å²) in [7, 11) is 0. The first-order valence-electron chi connectivity index (χ1n) is 7.97. The van der Waals surface area contributed by atoms with Crippen LogP contribution in [0.2, 0.25) is 0 Å². The molecule has 0 aromatic heterocycles. The lowest BCUT2D eigenvalue weighted by molar-refractivity contribution is 0.270. The fourth-order valence-corrected chi connectivity index (χ4v) is 3.09. The minimum atomic E-state index is 1.02. The zero-order chi connectivity index (χ0) is 14.5. The van der Waals surface area contributed by atoms with Gasteiger partial charge in [0.25, 0.3) is 0 Å². The van der Waals surface area contributed by atoms with Crippen LogP contribution in [0.1, 0.15) is 30.0 Å². The van der Waals surface area contributed by atoms with Gasteiger partial charge in [0.15, 0.2) is 0 Å². The normalized spacial score (nSPS) is 13.8. The third kappa shape index (κ3) is 3.45. The monoisotopic (exact) mass is 280 g/mol. The van der Waals surface area contributed by atoms with Crippen molar-refractivity contribution in [3.05, 3.63) is 65.2 Å².